The van der Waals surface area contributed by atoms with Gasteiger partial charge in [0.15, 0.2) is 0 Å². The Labute approximate surface area is 233 Å². The molecule has 0 atom stereocenters. The van der Waals surface area contributed by atoms with Gasteiger partial charge >= 0.3 is 16.2 Å². The third kappa shape index (κ3) is 6.19. The molecule has 0 fully saturated rings. The molecule has 0 bridgehead atoms. The topological polar surface area (TPSA) is 113 Å². The summed E-state index contributed by atoms with van der Waals surface area (Å²) >= 11 is 0. The molecule has 0 amide bonds. The van der Waals surface area contributed by atoms with Crippen LogP contribution in [-0.4, -0.2) is 48.5 Å². The predicted octanol–water partition coefficient (Wildman–Crippen LogP) is 4.86. The first-order valence-electron chi connectivity index (χ1n) is 13.1. The number of fused-ring (bicyclic) bond motifs is 1. The van der Waals surface area contributed by atoms with E-state index in [-0.39, 0.29) is 6.54 Å². The Morgan fingerprint density at radius 2 is 1.85 bits per heavy atom. The van der Waals surface area contributed by atoms with Crippen LogP contribution in [0.15, 0.2) is 83.3 Å². The van der Waals surface area contributed by atoms with E-state index in [2.05, 4.69) is 4.98 Å². The molecular formula is C30H31N3O6S. The summed E-state index contributed by atoms with van der Waals surface area (Å²) in [6, 6.07) is 24.1. The fourth-order valence-electron chi connectivity index (χ4n) is 4.82. The van der Waals surface area contributed by atoms with E-state index in [0.717, 1.165) is 33.3 Å². The number of anilines is 1. The summed E-state index contributed by atoms with van der Waals surface area (Å²) in [4.78, 5) is 16.3. The number of para-hydroxylation sites is 1. The highest BCUT2D eigenvalue weighted by Gasteiger charge is 2.34. The standard InChI is InChI=1S/C30H31N3O6S/c1-22-27(31-30(39-22)25-11-3-2-4-12-25)16-18-38-26-14-7-9-23(19-26)20-32(21-29(34)35)40(36,37)33-17-8-13-24-10-5-6-15-28(24)33/h2-7,9-12,14-15,19H,8,13,16-18,20-21H2,1H3,(H,34,35). The number of ether oxygens (including phenoxy) is 1. The minimum Gasteiger partial charge on any atom is -0.493 e. The molecule has 0 radical (unpaired) electrons. The van der Waals surface area contributed by atoms with Crippen molar-refractivity contribution < 1.29 is 27.5 Å². The summed E-state index contributed by atoms with van der Waals surface area (Å²) < 4.78 is 41.5. The smallest absolute Gasteiger partial charge is 0.318 e. The van der Waals surface area contributed by atoms with Gasteiger partial charge in [-0.15, -0.1) is 0 Å². The highest BCUT2D eigenvalue weighted by molar-refractivity contribution is 7.90. The van der Waals surface area contributed by atoms with Crippen LogP contribution in [0.1, 0.15) is 29.0 Å². The molecule has 1 aliphatic heterocycles. The molecule has 0 spiro atoms. The second-order valence-electron chi connectivity index (χ2n) is 9.61. The quantitative estimate of drug-likeness (QED) is 0.278. The normalized spacial score (nSPS) is 13.3. The van der Waals surface area contributed by atoms with Crippen LogP contribution in [0, 0.1) is 6.92 Å². The summed E-state index contributed by atoms with van der Waals surface area (Å²) in [6.45, 7) is 1.75. The first-order valence-corrected chi connectivity index (χ1v) is 14.5. The molecule has 9 nitrogen and oxygen atoms in total. The Kier molecular flexibility index (Phi) is 8.18. The van der Waals surface area contributed by atoms with Crippen molar-refractivity contribution in [2.45, 2.75) is 32.7 Å². The van der Waals surface area contributed by atoms with Crippen LogP contribution in [0.4, 0.5) is 5.69 Å². The highest BCUT2D eigenvalue weighted by atomic mass is 32.2. The van der Waals surface area contributed by atoms with Crippen molar-refractivity contribution in [1.82, 2.24) is 9.29 Å². The zero-order chi connectivity index (χ0) is 28.1. The summed E-state index contributed by atoms with van der Waals surface area (Å²) in [5.41, 5.74) is 3.85. The number of benzene rings is 3. The molecule has 208 valence electrons. The number of carbonyl (C=O) groups is 1. The number of aryl methyl sites for hydroxylation is 2. The molecule has 40 heavy (non-hydrogen) atoms. The molecule has 2 heterocycles. The Hall–Kier alpha value is -4.15. The van der Waals surface area contributed by atoms with E-state index < -0.39 is 22.7 Å². The molecule has 5 rings (SSSR count). The SMILES string of the molecule is Cc1oc(-c2ccccc2)nc1CCOc1cccc(CN(CC(=O)O)S(=O)(=O)N2CCCc3ccccc32)c1. The lowest BCUT2D eigenvalue weighted by Crippen LogP contribution is -2.47. The second kappa shape index (κ2) is 11.9. The summed E-state index contributed by atoms with van der Waals surface area (Å²) in [5.74, 6) is 0.619. The van der Waals surface area contributed by atoms with Gasteiger partial charge in [-0.05, 0) is 61.2 Å². The largest absolute Gasteiger partial charge is 0.493 e. The zero-order valence-electron chi connectivity index (χ0n) is 22.2. The molecular weight excluding hydrogens is 530 g/mol. The number of aromatic nitrogens is 1. The lowest BCUT2D eigenvalue weighted by molar-refractivity contribution is -0.137. The van der Waals surface area contributed by atoms with Crippen molar-refractivity contribution in [3.8, 4) is 17.2 Å². The van der Waals surface area contributed by atoms with E-state index >= 15 is 0 Å². The molecule has 0 unspecified atom stereocenters. The van der Waals surface area contributed by atoms with Crippen LogP contribution in [0.25, 0.3) is 11.5 Å². The van der Waals surface area contributed by atoms with Gasteiger partial charge in [0.05, 0.1) is 18.0 Å². The van der Waals surface area contributed by atoms with Crippen molar-refractivity contribution in [2.24, 2.45) is 0 Å². The van der Waals surface area contributed by atoms with Crippen molar-refractivity contribution in [3.63, 3.8) is 0 Å². The Bertz CT molecular complexity index is 1590. The van der Waals surface area contributed by atoms with Gasteiger partial charge in [-0.3, -0.25) is 9.10 Å². The Morgan fingerprint density at radius 1 is 1.07 bits per heavy atom. The number of nitrogens with zero attached hydrogens (tertiary/aromatic N) is 3. The maximum atomic E-state index is 13.7. The number of aliphatic carboxylic acids is 1. The summed E-state index contributed by atoms with van der Waals surface area (Å²) in [5, 5.41) is 9.53. The third-order valence-electron chi connectivity index (χ3n) is 6.76. The van der Waals surface area contributed by atoms with Crippen LogP contribution in [-0.2, 0) is 34.4 Å². The van der Waals surface area contributed by atoms with Gasteiger partial charge in [-0.2, -0.15) is 12.7 Å². The van der Waals surface area contributed by atoms with E-state index in [1.54, 1.807) is 36.4 Å². The fraction of sp³-hybridized carbons (Fsp3) is 0.267. The first-order chi connectivity index (χ1) is 19.3. The minimum atomic E-state index is -4.10. The van der Waals surface area contributed by atoms with Crippen LogP contribution >= 0.6 is 0 Å². The van der Waals surface area contributed by atoms with Gasteiger partial charge in [0, 0.05) is 25.1 Å². The Morgan fingerprint density at radius 3 is 2.65 bits per heavy atom. The van der Waals surface area contributed by atoms with Crippen molar-refractivity contribution in [1.29, 1.82) is 0 Å². The molecule has 1 N–H and O–H groups in total. The first kappa shape index (κ1) is 27.4. The minimum absolute atomic E-state index is 0.104. The summed E-state index contributed by atoms with van der Waals surface area (Å²) in [7, 11) is -4.10. The van der Waals surface area contributed by atoms with Gasteiger partial charge < -0.3 is 14.3 Å². The molecule has 0 saturated carbocycles. The van der Waals surface area contributed by atoms with Gasteiger partial charge in [0.1, 0.15) is 18.1 Å². The third-order valence-corrected chi connectivity index (χ3v) is 8.61. The van der Waals surface area contributed by atoms with E-state index in [1.807, 2.05) is 49.4 Å². The number of hydrogen-bond acceptors (Lipinski definition) is 6. The second-order valence-corrected chi connectivity index (χ2v) is 11.5. The predicted molar refractivity (Wildman–Crippen MR) is 151 cm³/mol. The van der Waals surface area contributed by atoms with E-state index in [1.165, 1.54) is 4.31 Å². The Balaban J connectivity index is 1.27. The number of rotatable bonds is 11. The highest BCUT2D eigenvalue weighted by Crippen LogP contribution is 2.31. The molecule has 4 aromatic rings. The average molecular weight is 562 g/mol. The summed E-state index contributed by atoms with van der Waals surface area (Å²) in [6.07, 6.45) is 1.97. The van der Waals surface area contributed by atoms with Gasteiger partial charge in [0.25, 0.3) is 0 Å². The van der Waals surface area contributed by atoms with Crippen LogP contribution in [0.2, 0.25) is 0 Å². The molecule has 1 aromatic heterocycles. The molecule has 10 heteroatoms. The molecule has 1 aliphatic rings. The average Bonchev–Trinajstić information content (AvgIpc) is 3.33. The van der Waals surface area contributed by atoms with Crippen LogP contribution in [0.5, 0.6) is 5.75 Å². The van der Waals surface area contributed by atoms with E-state index in [4.69, 9.17) is 9.15 Å². The van der Waals surface area contributed by atoms with Crippen molar-refractivity contribution >= 4 is 21.9 Å². The maximum absolute atomic E-state index is 13.7. The lowest BCUT2D eigenvalue weighted by Gasteiger charge is -2.34. The van der Waals surface area contributed by atoms with Crippen LogP contribution in [0.3, 0.4) is 0 Å². The number of carboxylic acid groups (broad SMARTS) is 1. The number of oxazole rings is 1. The van der Waals surface area contributed by atoms with Crippen LogP contribution < -0.4 is 9.04 Å². The fourth-order valence-corrected chi connectivity index (χ4v) is 6.47. The number of hydrogen-bond donors (Lipinski definition) is 1. The molecule has 3 aromatic carbocycles. The van der Waals surface area contributed by atoms with Gasteiger partial charge in [-0.1, -0.05) is 48.5 Å². The van der Waals surface area contributed by atoms with Crippen molar-refractivity contribution in [3.05, 3.63) is 101 Å². The van der Waals surface area contributed by atoms with Gasteiger partial charge in [0.2, 0.25) is 5.89 Å². The van der Waals surface area contributed by atoms with E-state index in [0.29, 0.717) is 48.9 Å². The monoisotopic (exact) mass is 561 g/mol. The van der Waals surface area contributed by atoms with E-state index in [9.17, 15) is 18.3 Å². The van der Waals surface area contributed by atoms with Gasteiger partial charge in [-0.25, -0.2) is 4.98 Å². The van der Waals surface area contributed by atoms with Crippen molar-refractivity contribution in [2.75, 3.05) is 24.0 Å². The maximum Gasteiger partial charge on any atom is 0.318 e. The zero-order valence-corrected chi connectivity index (χ0v) is 23.0. The molecule has 0 saturated heterocycles. The number of carboxylic acids is 1. The lowest BCUT2D eigenvalue weighted by atomic mass is 10.0. The molecule has 0 aliphatic carbocycles.